The number of aromatic nitrogens is 2. The summed E-state index contributed by atoms with van der Waals surface area (Å²) in [4.78, 5) is 0. The van der Waals surface area contributed by atoms with Gasteiger partial charge in [-0.05, 0) is 18.4 Å². The number of rotatable bonds is 2. The van der Waals surface area contributed by atoms with E-state index in [1.807, 2.05) is 12.3 Å². The number of nitrogens with one attached hydrogen (secondary N) is 1. The molecule has 1 heterocycles. The molecule has 0 amide bonds. The van der Waals surface area contributed by atoms with Gasteiger partial charge in [-0.15, -0.1) is 0 Å². The summed E-state index contributed by atoms with van der Waals surface area (Å²) in [6.45, 7) is 0. The van der Waals surface area contributed by atoms with E-state index in [0.29, 0.717) is 0 Å². The third kappa shape index (κ3) is 1.23. The van der Waals surface area contributed by atoms with Crippen LogP contribution in [0.5, 0.6) is 0 Å². The first-order valence-corrected chi connectivity index (χ1v) is 5.04. The van der Waals surface area contributed by atoms with Crippen LogP contribution in [0.4, 0.5) is 0 Å². The van der Waals surface area contributed by atoms with Gasteiger partial charge in [0.2, 0.25) is 0 Å². The van der Waals surface area contributed by atoms with Crippen LogP contribution in [0.1, 0.15) is 24.5 Å². The van der Waals surface area contributed by atoms with Crippen molar-refractivity contribution in [3.05, 3.63) is 42.2 Å². The van der Waals surface area contributed by atoms with Gasteiger partial charge >= 0.3 is 0 Å². The van der Waals surface area contributed by atoms with Crippen molar-refractivity contribution in [2.45, 2.75) is 18.8 Å². The molecule has 0 saturated heterocycles. The molecule has 1 N–H and O–H groups in total. The van der Waals surface area contributed by atoms with Crippen molar-refractivity contribution in [1.29, 1.82) is 0 Å². The minimum atomic E-state index is 0.729. The SMILES string of the molecule is c1ccc(-c2cn[nH]c2C2CC2)cc1. The van der Waals surface area contributed by atoms with E-state index in [4.69, 9.17) is 0 Å². The van der Waals surface area contributed by atoms with Gasteiger partial charge in [-0.1, -0.05) is 30.3 Å². The molecule has 3 rings (SSSR count). The van der Waals surface area contributed by atoms with Gasteiger partial charge in [0.05, 0.1) is 6.20 Å². The minimum Gasteiger partial charge on any atom is -0.282 e. The zero-order valence-corrected chi connectivity index (χ0v) is 7.90. The molecule has 0 unspecified atom stereocenters. The Kier molecular flexibility index (Phi) is 1.66. The molecule has 1 saturated carbocycles. The lowest BCUT2D eigenvalue weighted by Crippen LogP contribution is -1.83. The molecule has 1 aliphatic rings. The van der Waals surface area contributed by atoms with E-state index in [1.54, 1.807) is 0 Å². The van der Waals surface area contributed by atoms with Gasteiger partial charge in [0.1, 0.15) is 0 Å². The number of nitrogens with zero attached hydrogens (tertiary/aromatic N) is 1. The average molecular weight is 184 g/mol. The predicted molar refractivity (Wildman–Crippen MR) is 56.0 cm³/mol. The zero-order valence-electron chi connectivity index (χ0n) is 7.90. The lowest BCUT2D eigenvalue weighted by Gasteiger charge is -2.00. The van der Waals surface area contributed by atoms with Crippen LogP contribution in [0, 0.1) is 0 Å². The summed E-state index contributed by atoms with van der Waals surface area (Å²) in [5.41, 5.74) is 3.85. The van der Waals surface area contributed by atoms with E-state index in [1.165, 1.54) is 29.7 Å². The maximum atomic E-state index is 4.13. The Morgan fingerprint density at radius 3 is 2.64 bits per heavy atom. The molecule has 0 radical (unpaired) electrons. The monoisotopic (exact) mass is 184 g/mol. The van der Waals surface area contributed by atoms with Gasteiger partial charge in [-0.2, -0.15) is 5.10 Å². The molecule has 0 aliphatic heterocycles. The number of H-pyrrole nitrogens is 1. The first-order valence-electron chi connectivity index (χ1n) is 5.04. The summed E-state index contributed by atoms with van der Waals surface area (Å²) in [5, 5.41) is 7.25. The highest BCUT2D eigenvalue weighted by Gasteiger charge is 2.27. The smallest absolute Gasteiger partial charge is 0.0568 e. The molecule has 2 nitrogen and oxygen atoms in total. The van der Waals surface area contributed by atoms with E-state index in [-0.39, 0.29) is 0 Å². The molecule has 0 bridgehead atoms. The molecule has 1 fully saturated rings. The Morgan fingerprint density at radius 2 is 1.93 bits per heavy atom. The number of hydrogen-bond donors (Lipinski definition) is 1. The summed E-state index contributed by atoms with van der Waals surface area (Å²) in [5.74, 6) is 0.729. The zero-order chi connectivity index (χ0) is 9.38. The van der Waals surface area contributed by atoms with Gasteiger partial charge in [-0.25, -0.2) is 0 Å². The summed E-state index contributed by atoms with van der Waals surface area (Å²) >= 11 is 0. The molecule has 1 aromatic carbocycles. The largest absolute Gasteiger partial charge is 0.282 e. The minimum absolute atomic E-state index is 0.729. The Labute approximate surface area is 83.0 Å². The van der Waals surface area contributed by atoms with Crippen LogP contribution in [0.2, 0.25) is 0 Å². The van der Waals surface area contributed by atoms with Crippen molar-refractivity contribution in [2.75, 3.05) is 0 Å². The standard InChI is InChI=1S/C12H12N2/c1-2-4-9(5-3-1)11-8-13-14-12(11)10-6-7-10/h1-5,8,10H,6-7H2,(H,13,14). The van der Waals surface area contributed by atoms with Crippen molar-refractivity contribution < 1.29 is 0 Å². The van der Waals surface area contributed by atoms with Gasteiger partial charge in [0, 0.05) is 17.2 Å². The molecule has 2 aromatic rings. The second-order valence-electron chi connectivity index (χ2n) is 3.84. The third-order valence-corrected chi connectivity index (χ3v) is 2.74. The Hall–Kier alpha value is -1.57. The summed E-state index contributed by atoms with van der Waals surface area (Å²) in [6.07, 6.45) is 4.55. The van der Waals surface area contributed by atoms with Crippen LogP contribution < -0.4 is 0 Å². The summed E-state index contributed by atoms with van der Waals surface area (Å²) in [6, 6.07) is 10.5. The van der Waals surface area contributed by atoms with E-state index in [9.17, 15) is 0 Å². The topological polar surface area (TPSA) is 28.7 Å². The highest BCUT2D eigenvalue weighted by atomic mass is 15.1. The van der Waals surface area contributed by atoms with Crippen LogP contribution >= 0.6 is 0 Å². The predicted octanol–water partition coefficient (Wildman–Crippen LogP) is 2.95. The van der Waals surface area contributed by atoms with Crippen LogP contribution in [0.25, 0.3) is 11.1 Å². The number of benzene rings is 1. The first-order chi connectivity index (χ1) is 6.95. The van der Waals surface area contributed by atoms with Crippen molar-refractivity contribution in [1.82, 2.24) is 10.2 Å². The van der Waals surface area contributed by atoms with E-state index >= 15 is 0 Å². The van der Waals surface area contributed by atoms with Gasteiger partial charge in [0.25, 0.3) is 0 Å². The Bertz CT molecular complexity index is 427. The molecule has 70 valence electrons. The van der Waals surface area contributed by atoms with Crippen molar-refractivity contribution in [3.63, 3.8) is 0 Å². The van der Waals surface area contributed by atoms with E-state index < -0.39 is 0 Å². The van der Waals surface area contributed by atoms with Crippen LogP contribution in [0.3, 0.4) is 0 Å². The fourth-order valence-electron chi connectivity index (χ4n) is 1.83. The highest BCUT2D eigenvalue weighted by Crippen LogP contribution is 2.42. The molecule has 0 spiro atoms. The third-order valence-electron chi connectivity index (χ3n) is 2.74. The van der Waals surface area contributed by atoms with Crippen molar-refractivity contribution >= 4 is 0 Å². The second kappa shape index (κ2) is 2.98. The molecular weight excluding hydrogens is 172 g/mol. The average Bonchev–Trinajstić information content (AvgIpc) is 2.98. The summed E-state index contributed by atoms with van der Waals surface area (Å²) in [7, 11) is 0. The van der Waals surface area contributed by atoms with Gasteiger partial charge in [-0.3, -0.25) is 5.10 Å². The van der Waals surface area contributed by atoms with E-state index in [2.05, 4.69) is 34.5 Å². The molecule has 1 aromatic heterocycles. The number of hydrogen-bond acceptors (Lipinski definition) is 1. The maximum Gasteiger partial charge on any atom is 0.0568 e. The lowest BCUT2D eigenvalue weighted by atomic mass is 10.0. The van der Waals surface area contributed by atoms with Crippen molar-refractivity contribution in [3.8, 4) is 11.1 Å². The fraction of sp³-hybridized carbons (Fsp3) is 0.250. The molecule has 1 aliphatic carbocycles. The Balaban J connectivity index is 2.07. The van der Waals surface area contributed by atoms with Gasteiger partial charge in [0.15, 0.2) is 0 Å². The van der Waals surface area contributed by atoms with Crippen molar-refractivity contribution in [2.24, 2.45) is 0 Å². The maximum absolute atomic E-state index is 4.13. The highest BCUT2D eigenvalue weighted by molar-refractivity contribution is 5.66. The quantitative estimate of drug-likeness (QED) is 0.763. The molecular formula is C12H12N2. The van der Waals surface area contributed by atoms with Gasteiger partial charge < -0.3 is 0 Å². The van der Waals surface area contributed by atoms with Crippen LogP contribution in [-0.4, -0.2) is 10.2 Å². The second-order valence-corrected chi connectivity index (χ2v) is 3.84. The fourth-order valence-corrected chi connectivity index (χ4v) is 1.83. The Morgan fingerprint density at radius 1 is 1.14 bits per heavy atom. The number of aromatic amines is 1. The normalized spacial score (nSPS) is 15.7. The molecule has 0 atom stereocenters. The molecule has 2 heteroatoms. The lowest BCUT2D eigenvalue weighted by molar-refractivity contribution is 0.966. The molecule has 14 heavy (non-hydrogen) atoms. The van der Waals surface area contributed by atoms with Crippen LogP contribution in [0.15, 0.2) is 36.5 Å². The van der Waals surface area contributed by atoms with Crippen LogP contribution in [-0.2, 0) is 0 Å². The first kappa shape index (κ1) is 7.80. The van der Waals surface area contributed by atoms with E-state index in [0.717, 1.165) is 5.92 Å². The summed E-state index contributed by atoms with van der Waals surface area (Å²) < 4.78 is 0.